The number of benzene rings is 2. The molecule has 3 atom stereocenters. The van der Waals surface area contributed by atoms with Crippen LogP contribution in [0.3, 0.4) is 0 Å². The van der Waals surface area contributed by atoms with Crippen LogP contribution in [0.5, 0.6) is 0 Å². The van der Waals surface area contributed by atoms with Gasteiger partial charge in [0, 0.05) is 41.4 Å². The lowest BCUT2D eigenvalue weighted by molar-refractivity contribution is -0.139. The smallest absolute Gasteiger partial charge is 0.242 e. The second kappa shape index (κ2) is 9.06. The summed E-state index contributed by atoms with van der Waals surface area (Å²) in [4.78, 5) is 22.3. The minimum absolute atomic E-state index is 0.0121. The predicted molar refractivity (Wildman–Crippen MR) is 139 cm³/mol. The van der Waals surface area contributed by atoms with Gasteiger partial charge < -0.3 is 19.7 Å². The molecule has 180 valence electrons. The third-order valence-corrected chi connectivity index (χ3v) is 8.04. The first-order chi connectivity index (χ1) is 16.3. The number of fused-ring (bicyclic) bond motifs is 1. The highest BCUT2D eigenvalue weighted by Crippen LogP contribution is 2.32. The van der Waals surface area contributed by atoms with Crippen LogP contribution >= 0.6 is 23.2 Å². The maximum Gasteiger partial charge on any atom is 0.242 e. The molecule has 2 fully saturated rings. The van der Waals surface area contributed by atoms with E-state index in [0.717, 1.165) is 61.3 Å². The molecule has 1 amide bonds. The fourth-order valence-corrected chi connectivity index (χ4v) is 5.96. The summed E-state index contributed by atoms with van der Waals surface area (Å²) in [7, 11) is 0. The molecule has 2 aromatic carbocycles. The zero-order valence-corrected chi connectivity index (χ0v) is 21.4. The number of hydrogen-bond donors (Lipinski definition) is 1. The van der Waals surface area contributed by atoms with Gasteiger partial charge in [0.25, 0.3) is 0 Å². The maximum atomic E-state index is 13.2. The van der Waals surface area contributed by atoms with Gasteiger partial charge in [0.05, 0.1) is 28.9 Å². The number of amides is 1. The van der Waals surface area contributed by atoms with Gasteiger partial charge in [-0.15, -0.1) is 0 Å². The van der Waals surface area contributed by atoms with Crippen LogP contribution in [-0.4, -0.2) is 58.1 Å². The van der Waals surface area contributed by atoms with Crippen molar-refractivity contribution in [2.24, 2.45) is 0 Å². The number of imidazole rings is 1. The minimum atomic E-state index is -0.416. The largest absolute Gasteiger partial charge is 0.368 e. The highest BCUT2D eigenvalue weighted by molar-refractivity contribution is 6.35. The number of nitrogens with one attached hydrogen (secondary N) is 1. The van der Waals surface area contributed by atoms with Crippen molar-refractivity contribution in [3.05, 3.63) is 58.3 Å². The van der Waals surface area contributed by atoms with Crippen molar-refractivity contribution in [3.8, 4) is 0 Å². The summed E-state index contributed by atoms with van der Waals surface area (Å²) in [5.41, 5.74) is 3.74. The van der Waals surface area contributed by atoms with Crippen molar-refractivity contribution in [2.45, 2.75) is 51.2 Å². The molecule has 2 aliphatic rings. The lowest BCUT2D eigenvalue weighted by Gasteiger charge is -2.43. The second-order valence-electron chi connectivity index (χ2n) is 9.82. The van der Waals surface area contributed by atoms with Gasteiger partial charge in [-0.2, -0.15) is 0 Å². The van der Waals surface area contributed by atoms with Gasteiger partial charge in [0.15, 0.2) is 0 Å². The van der Waals surface area contributed by atoms with Crippen LogP contribution in [0.25, 0.3) is 11.0 Å². The van der Waals surface area contributed by atoms with Crippen LogP contribution < -0.4 is 10.2 Å². The van der Waals surface area contributed by atoms with Crippen molar-refractivity contribution in [3.63, 3.8) is 0 Å². The summed E-state index contributed by atoms with van der Waals surface area (Å²) in [6.45, 7) is 9.58. The SMILES string of the molecule is CC(c1ccc(Cl)cc1Cl)n1cnc2ccc(N3CCN(C(=O)C4(C)CCCN4)[C@H](C)C3)cc21. The van der Waals surface area contributed by atoms with E-state index >= 15 is 0 Å². The quantitative estimate of drug-likeness (QED) is 0.540. The molecule has 0 radical (unpaired) electrons. The molecule has 8 heteroatoms. The molecule has 3 aromatic rings. The molecule has 1 N–H and O–H groups in total. The summed E-state index contributed by atoms with van der Waals surface area (Å²) in [5.74, 6) is 0.236. The number of carbonyl (C=O) groups excluding carboxylic acids is 1. The Morgan fingerprint density at radius 2 is 2.03 bits per heavy atom. The molecule has 2 saturated heterocycles. The third-order valence-electron chi connectivity index (χ3n) is 7.48. The molecule has 2 unspecified atom stereocenters. The van der Waals surface area contributed by atoms with Crippen molar-refractivity contribution in [1.82, 2.24) is 19.8 Å². The van der Waals surface area contributed by atoms with E-state index in [9.17, 15) is 4.79 Å². The Hall–Kier alpha value is -2.28. The molecular weight excluding hydrogens is 469 g/mol. The predicted octanol–water partition coefficient (Wildman–Crippen LogP) is 5.13. The van der Waals surface area contributed by atoms with Gasteiger partial charge in [0.2, 0.25) is 5.91 Å². The van der Waals surface area contributed by atoms with Crippen LogP contribution in [0.15, 0.2) is 42.7 Å². The molecule has 3 heterocycles. The lowest BCUT2D eigenvalue weighted by Crippen LogP contribution is -2.61. The van der Waals surface area contributed by atoms with E-state index in [-0.39, 0.29) is 18.0 Å². The van der Waals surface area contributed by atoms with Gasteiger partial charge in [0.1, 0.15) is 0 Å². The molecule has 0 spiro atoms. The minimum Gasteiger partial charge on any atom is -0.368 e. The van der Waals surface area contributed by atoms with Gasteiger partial charge in [-0.05, 0) is 76.1 Å². The summed E-state index contributed by atoms with van der Waals surface area (Å²) in [6, 6.07) is 12.2. The van der Waals surface area contributed by atoms with E-state index in [1.54, 1.807) is 6.07 Å². The van der Waals surface area contributed by atoms with E-state index in [0.29, 0.717) is 10.0 Å². The number of rotatable bonds is 4. The number of anilines is 1. The number of nitrogens with zero attached hydrogens (tertiary/aromatic N) is 4. The van der Waals surface area contributed by atoms with Crippen LogP contribution in [-0.2, 0) is 4.79 Å². The number of halogens is 2. The van der Waals surface area contributed by atoms with Crippen molar-refractivity contribution < 1.29 is 4.79 Å². The summed E-state index contributed by atoms with van der Waals surface area (Å²) in [6.07, 6.45) is 3.84. The standard InChI is InChI=1S/C26H31Cl2N5O/c1-17-15-31(11-12-32(17)25(34)26(3)9-4-10-30-26)20-6-8-23-24(14-20)33(16-29-23)18(2)21-7-5-19(27)13-22(21)28/h5-8,13-14,16-18,30H,4,9-12,15H2,1-3H3/t17-,18?,26?/m1/s1. The molecule has 0 bridgehead atoms. The zero-order valence-electron chi connectivity index (χ0n) is 19.9. The van der Waals surface area contributed by atoms with E-state index in [1.165, 1.54) is 0 Å². The average molecular weight is 500 g/mol. The molecule has 5 rings (SSSR count). The van der Waals surface area contributed by atoms with Crippen LogP contribution in [0.4, 0.5) is 5.69 Å². The van der Waals surface area contributed by atoms with Gasteiger partial charge in [-0.1, -0.05) is 29.3 Å². The third kappa shape index (κ3) is 4.16. The fourth-order valence-electron chi connectivity index (χ4n) is 5.40. The zero-order chi connectivity index (χ0) is 24.0. The molecule has 0 saturated carbocycles. The molecule has 34 heavy (non-hydrogen) atoms. The summed E-state index contributed by atoms with van der Waals surface area (Å²) >= 11 is 12.6. The first kappa shape index (κ1) is 23.5. The highest BCUT2D eigenvalue weighted by Gasteiger charge is 2.41. The number of aromatic nitrogens is 2. The maximum absolute atomic E-state index is 13.2. The first-order valence-electron chi connectivity index (χ1n) is 12.0. The van der Waals surface area contributed by atoms with E-state index < -0.39 is 5.54 Å². The van der Waals surface area contributed by atoms with Crippen LogP contribution in [0.1, 0.15) is 45.2 Å². The van der Waals surface area contributed by atoms with Crippen molar-refractivity contribution in [1.29, 1.82) is 0 Å². The molecule has 2 aliphatic heterocycles. The second-order valence-corrected chi connectivity index (χ2v) is 10.7. The Kier molecular flexibility index (Phi) is 6.25. The fraction of sp³-hybridized carbons (Fsp3) is 0.462. The highest BCUT2D eigenvalue weighted by atomic mass is 35.5. The normalized spacial score (nSPS) is 24.1. The first-order valence-corrected chi connectivity index (χ1v) is 12.7. The molecular formula is C26H31Cl2N5O. The van der Waals surface area contributed by atoms with Crippen molar-refractivity contribution >= 4 is 45.8 Å². The topological polar surface area (TPSA) is 53.4 Å². The van der Waals surface area contributed by atoms with Gasteiger partial charge in [-0.25, -0.2) is 4.98 Å². The lowest BCUT2D eigenvalue weighted by atomic mass is 9.96. The van der Waals surface area contributed by atoms with E-state index in [1.807, 2.05) is 25.4 Å². The van der Waals surface area contributed by atoms with Gasteiger partial charge >= 0.3 is 0 Å². The van der Waals surface area contributed by atoms with E-state index in [2.05, 4.69) is 56.7 Å². The Labute approximate surface area is 210 Å². The summed E-state index contributed by atoms with van der Waals surface area (Å²) < 4.78 is 2.16. The molecule has 0 aliphatic carbocycles. The Bertz CT molecular complexity index is 1220. The Balaban J connectivity index is 1.37. The molecule has 1 aromatic heterocycles. The number of piperazine rings is 1. The Morgan fingerprint density at radius 1 is 1.21 bits per heavy atom. The Morgan fingerprint density at radius 3 is 2.74 bits per heavy atom. The monoisotopic (exact) mass is 499 g/mol. The average Bonchev–Trinajstić information content (AvgIpc) is 3.45. The number of carbonyl (C=O) groups is 1. The van der Waals surface area contributed by atoms with Crippen LogP contribution in [0, 0.1) is 0 Å². The van der Waals surface area contributed by atoms with Gasteiger partial charge in [-0.3, -0.25) is 4.79 Å². The summed E-state index contributed by atoms with van der Waals surface area (Å²) in [5, 5.41) is 4.70. The van der Waals surface area contributed by atoms with E-state index in [4.69, 9.17) is 23.2 Å². The van der Waals surface area contributed by atoms with Crippen LogP contribution in [0.2, 0.25) is 10.0 Å². The number of hydrogen-bond acceptors (Lipinski definition) is 4. The van der Waals surface area contributed by atoms with Crippen molar-refractivity contribution in [2.75, 3.05) is 31.1 Å². The molecule has 6 nitrogen and oxygen atoms in total.